The Morgan fingerprint density at radius 1 is 1.40 bits per heavy atom. The fourth-order valence-corrected chi connectivity index (χ4v) is 3.89. The van der Waals surface area contributed by atoms with Gasteiger partial charge in [0.1, 0.15) is 0 Å². The van der Waals surface area contributed by atoms with Crippen molar-refractivity contribution in [2.75, 3.05) is 25.0 Å². The van der Waals surface area contributed by atoms with Gasteiger partial charge in [-0.05, 0) is 37.3 Å². The number of nitrogens with zero attached hydrogens (tertiary/aromatic N) is 2. The van der Waals surface area contributed by atoms with Crippen molar-refractivity contribution in [2.24, 2.45) is 5.92 Å². The fourth-order valence-electron chi connectivity index (χ4n) is 2.34. The van der Waals surface area contributed by atoms with Crippen molar-refractivity contribution in [1.29, 1.82) is 0 Å². The van der Waals surface area contributed by atoms with E-state index in [-0.39, 0.29) is 5.03 Å². The zero-order valence-corrected chi connectivity index (χ0v) is 13.0. The van der Waals surface area contributed by atoms with Gasteiger partial charge in [-0.1, -0.05) is 13.8 Å². The maximum absolute atomic E-state index is 12.7. The van der Waals surface area contributed by atoms with E-state index in [1.54, 1.807) is 16.4 Å². The first-order valence-electron chi connectivity index (χ1n) is 7.24. The van der Waals surface area contributed by atoms with Gasteiger partial charge >= 0.3 is 0 Å². The lowest BCUT2D eigenvalue weighted by Crippen LogP contribution is -2.38. The number of nitrogens with one attached hydrogen (secondary N) is 1. The number of hydrogen-bond acceptors (Lipinski definition) is 4. The smallest absolute Gasteiger partial charge is 0.262 e. The monoisotopic (exact) mass is 297 g/mol. The number of hydrogen-bond donors (Lipinski definition) is 1. The summed E-state index contributed by atoms with van der Waals surface area (Å²) in [7, 11) is -3.49. The van der Waals surface area contributed by atoms with Crippen LogP contribution < -0.4 is 5.32 Å². The second-order valence-corrected chi connectivity index (χ2v) is 7.22. The topological polar surface area (TPSA) is 62.3 Å². The fraction of sp³-hybridized carbons (Fsp3) is 0.643. The zero-order chi connectivity index (χ0) is 14.6. The van der Waals surface area contributed by atoms with Crippen LogP contribution in [0.1, 0.15) is 33.1 Å². The Balaban J connectivity index is 2.25. The van der Waals surface area contributed by atoms with Crippen molar-refractivity contribution in [3.05, 3.63) is 18.3 Å². The first-order chi connectivity index (χ1) is 9.55. The van der Waals surface area contributed by atoms with Crippen molar-refractivity contribution in [3.8, 4) is 0 Å². The van der Waals surface area contributed by atoms with Gasteiger partial charge in [0.25, 0.3) is 10.0 Å². The summed E-state index contributed by atoms with van der Waals surface area (Å²) in [6.07, 6.45) is 4.32. The Labute approximate surface area is 121 Å². The van der Waals surface area contributed by atoms with E-state index in [0.717, 1.165) is 25.8 Å². The molecule has 5 nitrogen and oxygen atoms in total. The third-order valence-electron chi connectivity index (χ3n) is 3.66. The van der Waals surface area contributed by atoms with Crippen LogP contribution >= 0.6 is 0 Å². The molecule has 0 bridgehead atoms. The van der Waals surface area contributed by atoms with Crippen molar-refractivity contribution in [2.45, 2.75) is 38.1 Å². The Kier molecular flexibility index (Phi) is 4.99. The first-order valence-corrected chi connectivity index (χ1v) is 8.68. The maximum atomic E-state index is 12.7. The van der Waals surface area contributed by atoms with Gasteiger partial charge in [0.15, 0.2) is 5.03 Å². The molecule has 1 N–H and O–H groups in total. The zero-order valence-electron chi connectivity index (χ0n) is 12.2. The Hall–Kier alpha value is -1.14. The van der Waals surface area contributed by atoms with Crippen LogP contribution in [0.2, 0.25) is 0 Å². The Bertz CT molecular complexity index is 537. The van der Waals surface area contributed by atoms with Gasteiger partial charge in [0.05, 0.1) is 5.69 Å². The van der Waals surface area contributed by atoms with Gasteiger partial charge in [-0.15, -0.1) is 0 Å². The van der Waals surface area contributed by atoms with E-state index in [1.165, 1.54) is 6.20 Å². The molecule has 2 heterocycles. The van der Waals surface area contributed by atoms with Gasteiger partial charge in [0, 0.05) is 25.8 Å². The molecule has 112 valence electrons. The predicted octanol–water partition coefficient (Wildman–Crippen LogP) is 2.32. The van der Waals surface area contributed by atoms with E-state index in [9.17, 15) is 8.42 Å². The normalized spacial score (nSPS) is 18.1. The lowest BCUT2D eigenvalue weighted by Gasteiger charge is -2.29. The van der Waals surface area contributed by atoms with Crippen LogP contribution in [-0.4, -0.2) is 37.3 Å². The average Bonchev–Trinajstić information content (AvgIpc) is 2.46. The minimum atomic E-state index is -3.49. The molecule has 0 saturated carbocycles. The van der Waals surface area contributed by atoms with E-state index in [0.29, 0.717) is 24.7 Å². The maximum Gasteiger partial charge on any atom is 0.262 e. The van der Waals surface area contributed by atoms with Crippen molar-refractivity contribution >= 4 is 15.7 Å². The summed E-state index contributed by atoms with van der Waals surface area (Å²) in [6, 6.07) is 3.54. The highest BCUT2D eigenvalue weighted by Gasteiger charge is 2.30. The van der Waals surface area contributed by atoms with Crippen LogP contribution in [0.3, 0.4) is 0 Å². The van der Waals surface area contributed by atoms with Crippen LogP contribution in [0.15, 0.2) is 23.4 Å². The highest BCUT2D eigenvalue weighted by molar-refractivity contribution is 7.89. The van der Waals surface area contributed by atoms with E-state index in [1.807, 2.05) is 6.92 Å². The van der Waals surface area contributed by atoms with Crippen molar-refractivity contribution in [1.82, 2.24) is 9.29 Å². The summed E-state index contributed by atoms with van der Waals surface area (Å²) in [5.74, 6) is 0.600. The van der Waals surface area contributed by atoms with Crippen molar-refractivity contribution < 1.29 is 8.42 Å². The predicted molar refractivity (Wildman–Crippen MR) is 80.2 cm³/mol. The van der Waals surface area contributed by atoms with Gasteiger partial charge in [-0.25, -0.2) is 13.4 Å². The molecule has 1 aliphatic heterocycles. The molecule has 0 spiro atoms. The summed E-state index contributed by atoms with van der Waals surface area (Å²) < 4.78 is 27.0. The summed E-state index contributed by atoms with van der Waals surface area (Å²) in [6.45, 7) is 6.13. The van der Waals surface area contributed by atoms with E-state index >= 15 is 0 Å². The van der Waals surface area contributed by atoms with Crippen LogP contribution in [0.4, 0.5) is 5.69 Å². The quantitative estimate of drug-likeness (QED) is 0.906. The number of piperidine rings is 1. The highest BCUT2D eigenvalue weighted by Crippen LogP contribution is 2.26. The molecule has 0 atom stereocenters. The van der Waals surface area contributed by atoms with Gasteiger partial charge in [-0.3, -0.25) is 0 Å². The first kappa shape index (κ1) is 15.3. The van der Waals surface area contributed by atoms with E-state index in [2.05, 4.69) is 17.2 Å². The number of pyridine rings is 1. The third kappa shape index (κ3) is 3.30. The lowest BCUT2D eigenvalue weighted by atomic mass is 10.0. The largest absolute Gasteiger partial charge is 0.383 e. The summed E-state index contributed by atoms with van der Waals surface area (Å²) in [5, 5.41) is 3.30. The molecular weight excluding hydrogens is 274 g/mol. The molecular formula is C14H23N3O2S. The lowest BCUT2D eigenvalue weighted by molar-refractivity contribution is 0.287. The van der Waals surface area contributed by atoms with Gasteiger partial charge in [0.2, 0.25) is 0 Å². The standard InChI is InChI=1S/C14H23N3O2S/c1-3-8-15-13-5-4-9-16-14(13)20(18,19)17-10-6-12(2)7-11-17/h4-5,9,12,15H,3,6-8,10-11H2,1-2H3. The number of rotatable bonds is 5. The summed E-state index contributed by atoms with van der Waals surface area (Å²) in [5.41, 5.74) is 0.605. The number of sulfonamides is 1. The molecule has 0 aromatic carbocycles. The molecule has 0 radical (unpaired) electrons. The molecule has 1 fully saturated rings. The third-order valence-corrected chi connectivity index (χ3v) is 5.52. The molecule has 2 rings (SSSR count). The second kappa shape index (κ2) is 6.54. The minimum absolute atomic E-state index is 0.156. The molecule has 1 aromatic rings. The molecule has 0 aliphatic carbocycles. The van der Waals surface area contributed by atoms with E-state index in [4.69, 9.17) is 0 Å². The van der Waals surface area contributed by atoms with E-state index < -0.39 is 10.0 Å². The number of anilines is 1. The molecule has 0 amide bonds. The molecule has 1 aliphatic rings. The SMILES string of the molecule is CCCNc1cccnc1S(=O)(=O)N1CCC(C)CC1. The van der Waals surface area contributed by atoms with Crippen LogP contribution in [0.5, 0.6) is 0 Å². The molecule has 1 saturated heterocycles. The highest BCUT2D eigenvalue weighted by atomic mass is 32.2. The second-order valence-electron chi connectivity index (χ2n) is 5.37. The van der Waals surface area contributed by atoms with Crippen LogP contribution in [-0.2, 0) is 10.0 Å². The molecule has 0 unspecified atom stereocenters. The van der Waals surface area contributed by atoms with Crippen LogP contribution in [0, 0.1) is 5.92 Å². The molecule has 1 aromatic heterocycles. The summed E-state index contributed by atoms with van der Waals surface area (Å²) >= 11 is 0. The molecule has 6 heteroatoms. The van der Waals surface area contributed by atoms with Gasteiger partial charge in [-0.2, -0.15) is 4.31 Å². The minimum Gasteiger partial charge on any atom is -0.383 e. The Morgan fingerprint density at radius 2 is 2.10 bits per heavy atom. The number of aromatic nitrogens is 1. The van der Waals surface area contributed by atoms with Crippen LogP contribution in [0.25, 0.3) is 0 Å². The van der Waals surface area contributed by atoms with Gasteiger partial charge < -0.3 is 5.32 Å². The summed E-state index contributed by atoms with van der Waals surface area (Å²) in [4.78, 5) is 4.11. The molecule has 20 heavy (non-hydrogen) atoms. The Morgan fingerprint density at radius 3 is 2.75 bits per heavy atom. The van der Waals surface area contributed by atoms with Crippen molar-refractivity contribution in [3.63, 3.8) is 0 Å². The average molecular weight is 297 g/mol.